The summed E-state index contributed by atoms with van der Waals surface area (Å²) < 4.78 is 34.2. The zero-order valence-corrected chi connectivity index (χ0v) is 38.2. The second-order valence-electron chi connectivity index (χ2n) is 16.4. The van der Waals surface area contributed by atoms with Crippen molar-refractivity contribution in [3.8, 4) is 0 Å². The summed E-state index contributed by atoms with van der Waals surface area (Å²) in [6, 6.07) is 0. The number of phosphoric acid groups is 1. The lowest BCUT2D eigenvalue weighted by Gasteiger charge is -2.24. The smallest absolute Gasteiger partial charge is 0.462 e. The monoisotopic (exact) mass is 843 g/mol. The van der Waals surface area contributed by atoms with Crippen LogP contribution in [0, 0.1) is 0 Å². The molecule has 0 spiro atoms. The Balaban J connectivity index is 4.51. The summed E-state index contributed by atoms with van der Waals surface area (Å²) in [5, 5.41) is 9.01. The predicted octanol–water partition coefficient (Wildman–Crippen LogP) is 12.2. The van der Waals surface area contributed by atoms with Crippen LogP contribution in [-0.2, 0) is 37.6 Å². The van der Waals surface area contributed by atoms with Gasteiger partial charge in [-0.1, -0.05) is 172 Å². The molecule has 0 radical (unpaired) electrons. The number of phosphoric ester groups is 1. The van der Waals surface area contributed by atoms with Gasteiger partial charge in [0.05, 0.1) is 27.7 Å². The molecule has 0 aliphatic carbocycles. The van der Waals surface area contributed by atoms with Crippen LogP contribution in [0.25, 0.3) is 0 Å². The van der Waals surface area contributed by atoms with E-state index in [1.54, 1.807) is 0 Å². The maximum atomic E-state index is 12.7. The van der Waals surface area contributed by atoms with Gasteiger partial charge in [0.25, 0.3) is 0 Å². The van der Waals surface area contributed by atoms with Crippen LogP contribution in [0.4, 0.5) is 0 Å². The van der Waals surface area contributed by atoms with Crippen molar-refractivity contribution in [2.45, 2.75) is 187 Å². The quantitative estimate of drug-likeness (QED) is 0.00894. The number of hydrogen-bond donors (Lipinski definition) is 2. The first-order valence-electron chi connectivity index (χ1n) is 22.6. The normalized spacial score (nSPS) is 14.5. The fourth-order valence-electron chi connectivity index (χ4n) is 5.96. The number of quaternary nitrogens is 1. The van der Waals surface area contributed by atoms with Gasteiger partial charge in [0.2, 0.25) is 0 Å². The van der Waals surface area contributed by atoms with Crippen LogP contribution in [0.1, 0.15) is 174 Å². The van der Waals surface area contributed by atoms with Gasteiger partial charge in [0, 0.05) is 12.8 Å². The Labute approximate surface area is 353 Å². The van der Waals surface area contributed by atoms with Crippen LogP contribution in [0.15, 0.2) is 48.6 Å². The summed E-state index contributed by atoms with van der Waals surface area (Å²) in [4.78, 5) is 39.9. The number of nitrogens with zero attached hydrogens (tertiary/aromatic N) is 1. The zero-order valence-electron chi connectivity index (χ0n) is 37.3. The van der Waals surface area contributed by atoms with Crippen molar-refractivity contribution in [3.05, 3.63) is 48.6 Å². The molecule has 0 aliphatic heterocycles. The molecule has 0 aromatic heterocycles. The van der Waals surface area contributed by atoms with Crippen LogP contribution >= 0.6 is 7.82 Å². The van der Waals surface area contributed by atoms with E-state index >= 15 is 0 Å². The summed E-state index contributed by atoms with van der Waals surface area (Å²) in [7, 11) is 1.40. The van der Waals surface area contributed by atoms with Crippen LogP contribution in [0.5, 0.6) is 0 Å². The summed E-state index contributed by atoms with van der Waals surface area (Å²) in [5.41, 5.74) is 0. The highest BCUT2D eigenvalue weighted by atomic mass is 31.2. The molecule has 0 saturated heterocycles. The molecule has 0 aliphatic rings. The number of rotatable bonds is 41. The van der Waals surface area contributed by atoms with E-state index in [2.05, 4.69) is 30.9 Å². The van der Waals surface area contributed by atoms with Crippen molar-refractivity contribution >= 4 is 19.8 Å². The number of esters is 2. The average molecular weight is 843 g/mol. The fourth-order valence-corrected chi connectivity index (χ4v) is 6.70. The standard InChI is InChI=1S/C46H84NO10P/c1-6-8-10-11-12-13-14-15-16-17-20-23-26-29-33-37-45(48)53-41-44(42-55-58(51,52)54-40-39-47(3,4)5)56-46(49)38-34-30-27-24-21-18-19-22-25-28-32-36-43(57-50)35-31-9-7-2/h18-19,24-25,27-28,32,36,43-44H,6-17,20-23,26,29-31,33-35,37-42H2,1-5H3,(H-,50,51,52)/p+1/b19-18+,27-24+,28-25+,36-32+/t43?,44-/m1/s1. The SMILES string of the molecule is CCCCCCCCCCCCCCCCCC(=O)OC[C@H](COP(=O)(O)OCC[N+](C)(C)C)OC(=O)CCC/C=C/C/C=C/C/C=C/C=C/C(CCCCC)OO. The third-order valence-electron chi connectivity index (χ3n) is 9.58. The lowest BCUT2D eigenvalue weighted by molar-refractivity contribution is -0.870. The fraction of sp³-hybridized carbons (Fsp3) is 0.783. The van der Waals surface area contributed by atoms with Gasteiger partial charge in [-0.15, -0.1) is 0 Å². The highest BCUT2D eigenvalue weighted by Gasteiger charge is 2.27. The largest absolute Gasteiger partial charge is 0.472 e. The number of hydrogen-bond acceptors (Lipinski definition) is 9. The van der Waals surface area contributed by atoms with Gasteiger partial charge in [0.15, 0.2) is 6.10 Å². The summed E-state index contributed by atoms with van der Waals surface area (Å²) in [6.07, 6.45) is 40.5. The minimum Gasteiger partial charge on any atom is -0.462 e. The van der Waals surface area contributed by atoms with Crippen molar-refractivity contribution in [1.29, 1.82) is 0 Å². The van der Waals surface area contributed by atoms with Gasteiger partial charge < -0.3 is 18.9 Å². The van der Waals surface area contributed by atoms with E-state index in [1.165, 1.54) is 77.0 Å². The Bertz CT molecular complexity index is 1150. The third-order valence-corrected chi connectivity index (χ3v) is 10.6. The van der Waals surface area contributed by atoms with Gasteiger partial charge in [0.1, 0.15) is 25.9 Å². The molecule has 0 aromatic rings. The number of unbranched alkanes of at least 4 members (excludes halogenated alkanes) is 17. The van der Waals surface area contributed by atoms with Crippen LogP contribution in [0.3, 0.4) is 0 Å². The molecule has 11 nitrogen and oxygen atoms in total. The Hall–Kier alpha value is -2.11. The van der Waals surface area contributed by atoms with Gasteiger partial charge in [-0.2, -0.15) is 0 Å². The average Bonchev–Trinajstić information content (AvgIpc) is 3.17. The van der Waals surface area contributed by atoms with Crippen molar-refractivity contribution in [1.82, 2.24) is 0 Å². The molecule has 3 atom stereocenters. The minimum absolute atomic E-state index is 0.00982. The van der Waals surface area contributed by atoms with Crippen molar-refractivity contribution in [3.63, 3.8) is 0 Å². The summed E-state index contributed by atoms with van der Waals surface area (Å²) in [6.45, 7) is 4.19. The van der Waals surface area contributed by atoms with E-state index in [4.69, 9.17) is 23.8 Å². The van der Waals surface area contributed by atoms with Crippen molar-refractivity contribution in [2.24, 2.45) is 0 Å². The van der Waals surface area contributed by atoms with Crippen molar-refractivity contribution in [2.75, 3.05) is 47.5 Å². The Morgan fingerprint density at radius 3 is 1.76 bits per heavy atom. The molecule has 0 bridgehead atoms. The molecule has 2 N–H and O–H groups in total. The lowest BCUT2D eigenvalue weighted by Crippen LogP contribution is -2.37. The number of allylic oxidation sites excluding steroid dienone is 7. The molecule has 338 valence electrons. The molecule has 0 aromatic carbocycles. The van der Waals surface area contributed by atoms with Crippen LogP contribution in [0.2, 0.25) is 0 Å². The predicted molar refractivity (Wildman–Crippen MR) is 236 cm³/mol. The molecule has 12 heteroatoms. The van der Waals surface area contributed by atoms with Crippen LogP contribution in [-0.4, -0.2) is 86.3 Å². The maximum absolute atomic E-state index is 12.7. The Kier molecular flexibility index (Phi) is 37.6. The van der Waals surface area contributed by atoms with Gasteiger partial charge in [-0.3, -0.25) is 23.9 Å². The second kappa shape index (κ2) is 39.1. The number of ether oxygens (including phenoxy) is 2. The van der Waals surface area contributed by atoms with E-state index in [0.29, 0.717) is 23.9 Å². The molecule has 0 amide bonds. The molecule has 0 heterocycles. The number of carbonyl (C=O) groups is 2. The molecule has 2 unspecified atom stereocenters. The number of carbonyl (C=O) groups excluding carboxylic acids is 2. The first-order chi connectivity index (χ1) is 27.9. The summed E-state index contributed by atoms with van der Waals surface area (Å²) in [5.74, 6) is -0.897. The van der Waals surface area contributed by atoms with Gasteiger partial charge in [-0.25, -0.2) is 9.45 Å². The topological polar surface area (TPSA) is 138 Å². The third kappa shape index (κ3) is 40.7. The molecule has 0 rings (SSSR count). The van der Waals surface area contributed by atoms with Gasteiger partial charge >= 0.3 is 19.8 Å². The molecular weight excluding hydrogens is 757 g/mol. The van der Waals surface area contributed by atoms with E-state index < -0.39 is 32.5 Å². The molecule has 0 fully saturated rings. The molecule has 0 saturated carbocycles. The lowest BCUT2D eigenvalue weighted by atomic mass is 10.0. The van der Waals surface area contributed by atoms with E-state index in [-0.39, 0.29) is 32.2 Å². The van der Waals surface area contributed by atoms with Gasteiger partial charge in [-0.05, 0) is 38.5 Å². The minimum atomic E-state index is -4.40. The molecular formula is C46H85NO10P+. The zero-order chi connectivity index (χ0) is 43.0. The van der Waals surface area contributed by atoms with E-state index in [0.717, 1.165) is 57.8 Å². The van der Waals surface area contributed by atoms with E-state index in [1.807, 2.05) is 57.6 Å². The van der Waals surface area contributed by atoms with E-state index in [9.17, 15) is 19.0 Å². The Morgan fingerprint density at radius 2 is 1.17 bits per heavy atom. The maximum Gasteiger partial charge on any atom is 0.472 e. The highest BCUT2D eigenvalue weighted by Crippen LogP contribution is 2.43. The Morgan fingerprint density at radius 1 is 0.638 bits per heavy atom. The van der Waals surface area contributed by atoms with Crippen molar-refractivity contribution < 1.29 is 52.2 Å². The second-order valence-corrected chi connectivity index (χ2v) is 17.8. The van der Waals surface area contributed by atoms with Crippen LogP contribution < -0.4 is 0 Å². The first-order valence-corrected chi connectivity index (χ1v) is 24.1. The highest BCUT2D eigenvalue weighted by molar-refractivity contribution is 7.47. The molecule has 58 heavy (non-hydrogen) atoms. The first kappa shape index (κ1) is 55.9. The number of likely N-dealkylation sites (N-methyl/N-ethyl adjacent to an activating group) is 1. The summed E-state index contributed by atoms with van der Waals surface area (Å²) >= 11 is 0.